The first-order valence-corrected chi connectivity index (χ1v) is 9.69. The fraction of sp³-hybridized carbons (Fsp3) is 0.316. The van der Waals surface area contributed by atoms with Crippen LogP contribution in [0, 0.1) is 6.92 Å². The first-order valence-electron chi connectivity index (χ1n) is 8.88. The number of rotatable bonds is 10. The maximum absolute atomic E-state index is 12.4. The lowest BCUT2D eigenvalue weighted by molar-refractivity contribution is -0.130. The molecule has 5 N–H and O–H groups in total. The summed E-state index contributed by atoms with van der Waals surface area (Å²) in [6.07, 6.45) is 2.32. The van der Waals surface area contributed by atoms with Crippen molar-refractivity contribution < 1.29 is 19.2 Å². The van der Waals surface area contributed by atoms with Crippen molar-refractivity contribution >= 4 is 40.3 Å². The summed E-state index contributed by atoms with van der Waals surface area (Å²) in [7, 11) is 0. The lowest BCUT2D eigenvalue weighted by Gasteiger charge is -2.19. The van der Waals surface area contributed by atoms with E-state index in [1.54, 1.807) is 0 Å². The van der Waals surface area contributed by atoms with Crippen LogP contribution in [0.1, 0.15) is 27.9 Å². The van der Waals surface area contributed by atoms with E-state index in [2.05, 4.69) is 20.9 Å². The maximum Gasteiger partial charge on any atom is 0.242 e. The van der Waals surface area contributed by atoms with E-state index in [1.807, 2.05) is 31.2 Å². The van der Waals surface area contributed by atoms with Gasteiger partial charge in [-0.1, -0.05) is 41.2 Å². The van der Waals surface area contributed by atoms with Gasteiger partial charge in [-0.2, -0.15) is 0 Å². The van der Waals surface area contributed by atoms with Gasteiger partial charge in [-0.25, -0.2) is 4.98 Å². The molecule has 0 radical (unpaired) electrons. The van der Waals surface area contributed by atoms with Gasteiger partial charge in [-0.05, 0) is 19.4 Å². The Labute approximate surface area is 172 Å². The number of carbonyl (C=O) groups excluding carboxylic acids is 4. The second-order valence-electron chi connectivity index (χ2n) is 6.48. The molecule has 2 atom stereocenters. The summed E-state index contributed by atoms with van der Waals surface area (Å²) in [5.41, 5.74) is 7.35. The Morgan fingerprint density at radius 1 is 1.21 bits per heavy atom. The largest absolute Gasteiger partial charge is 0.368 e. The number of amides is 3. The van der Waals surface area contributed by atoms with Crippen molar-refractivity contribution in [2.75, 3.05) is 11.9 Å². The van der Waals surface area contributed by atoms with Crippen LogP contribution in [-0.2, 0) is 20.8 Å². The Morgan fingerprint density at radius 2 is 1.90 bits per heavy atom. The molecule has 0 aliphatic carbocycles. The summed E-state index contributed by atoms with van der Waals surface area (Å²) in [5, 5.41) is 8.79. The minimum absolute atomic E-state index is 0.0965. The van der Waals surface area contributed by atoms with Gasteiger partial charge in [0.15, 0.2) is 11.3 Å². The molecular weight excluding hydrogens is 394 g/mol. The molecule has 2 rings (SSSR count). The molecule has 2 aromatic rings. The summed E-state index contributed by atoms with van der Waals surface area (Å²) < 4.78 is 0. The molecule has 1 aromatic heterocycles. The fourth-order valence-electron chi connectivity index (χ4n) is 2.43. The number of aryl methyl sites for hydroxylation is 1. The number of aldehydes is 1. The lowest BCUT2D eigenvalue weighted by Crippen LogP contribution is -2.53. The molecule has 154 valence electrons. The number of benzene rings is 1. The highest BCUT2D eigenvalue weighted by atomic mass is 32.1. The van der Waals surface area contributed by atoms with Crippen LogP contribution in [0.15, 0.2) is 30.5 Å². The molecule has 0 spiro atoms. The Kier molecular flexibility index (Phi) is 7.84. The minimum Gasteiger partial charge on any atom is -0.368 e. The van der Waals surface area contributed by atoms with E-state index >= 15 is 0 Å². The van der Waals surface area contributed by atoms with E-state index in [0.29, 0.717) is 16.3 Å². The van der Waals surface area contributed by atoms with Crippen molar-refractivity contribution in [2.24, 2.45) is 5.73 Å². The van der Waals surface area contributed by atoms with Crippen molar-refractivity contribution in [1.82, 2.24) is 15.6 Å². The molecule has 0 saturated heterocycles. The summed E-state index contributed by atoms with van der Waals surface area (Å²) in [5.74, 6) is -1.60. The molecule has 0 unspecified atom stereocenters. The van der Waals surface area contributed by atoms with Crippen LogP contribution in [0.5, 0.6) is 0 Å². The smallest absolute Gasteiger partial charge is 0.242 e. The third kappa shape index (κ3) is 7.00. The third-order valence-electron chi connectivity index (χ3n) is 4.04. The van der Waals surface area contributed by atoms with E-state index < -0.39 is 29.8 Å². The molecule has 29 heavy (non-hydrogen) atoms. The molecule has 0 aliphatic heterocycles. The van der Waals surface area contributed by atoms with E-state index in [9.17, 15) is 19.2 Å². The molecule has 0 aliphatic rings. The molecule has 0 saturated carbocycles. The van der Waals surface area contributed by atoms with Crippen LogP contribution in [0.25, 0.3) is 0 Å². The maximum atomic E-state index is 12.4. The molecule has 1 heterocycles. The Hall–Kier alpha value is -3.27. The molecule has 10 heteroatoms. The van der Waals surface area contributed by atoms with Crippen molar-refractivity contribution in [3.63, 3.8) is 0 Å². The van der Waals surface area contributed by atoms with Crippen LogP contribution >= 0.6 is 11.3 Å². The summed E-state index contributed by atoms with van der Waals surface area (Å²) in [4.78, 5) is 50.5. The number of nitrogens with one attached hydrogen (secondary N) is 3. The Morgan fingerprint density at radius 3 is 2.48 bits per heavy atom. The normalized spacial score (nSPS) is 12.5. The zero-order valence-electron chi connectivity index (χ0n) is 16.1. The van der Waals surface area contributed by atoms with Crippen LogP contribution in [0.2, 0.25) is 0 Å². The summed E-state index contributed by atoms with van der Waals surface area (Å²) in [6, 6.07) is 5.80. The van der Waals surface area contributed by atoms with Crippen molar-refractivity contribution in [3.05, 3.63) is 46.6 Å². The van der Waals surface area contributed by atoms with E-state index in [1.165, 1.54) is 13.1 Å². The van der Waals surface area contributed by atoms with Gasteiger partial charge < -0.3 is 21.7 Å². The molecule has 1 aromatic carbocycles. The standard InChI is InChI=1S/C19H23N5O4S/c1-11-3-5-13(6-4-11)7-14(18(20)27)24-19(28)12(2)23-15(26)8-21-16-9-22-17(10-25)29-16/h3-6,9-10,12,14,21H,7-8H2,1-2H3,(H2,20,27)(H,23,26)(H,24,28)/t12-,14-/m0/s1. The van der Waals surface area contributed by atoms with Crippen molar-refractivity contribution in [1.29, 1.82) is 0 Å². The zero-order chi connectivity index (χ0) is 21.4. The number of nitrogens with two attached hydrogens (primary N) is 1. The molecule has 9 nitrogen and oxygen atoms in total. The number of carbonyl (C=O) groups is 4. The number of thiazole rings is 1. The zero-order valence-corrected chi connectivity index (χ0v) is 16.9. The van der Waals surface area contributed by atoms with Crippen LogP contribution < -0.4 is 21.7 Å². The van der Waals surface area contributed by atoms with Crippen LogP contribution in [0.3, 0.4) is 0 Å². The predicted octanol–water partition coefficient (Wildman–Crippen LogP) is 0.393. The number of anilines is 1. The number of hydrogen-bond acceptors (Lipinski definition) is 7. The minimum atomic E-state index is -0.887. The highest BCUT2D eigenvalue weighted by molar-refractivity contribution is 7.17. The second-order valence-corrected chi connectivity index (χ2v) is 7.54. The fourth-order valence-corrected chi connectivity index (χ4v) is 3.06. The van der Waals surface area contributed by atoms with Gasteiger partial charge in [0, 0.05) is 6.42 Å². The Bertz CT molecular complexity index is 881. The average molecular weight is 417 g/mol. The van der Waals surface area contributed by atoms with Crippen molar-refractivity contribution in [3.8, 4) is 0 Å². The quantitative estimate of drug-likeness (QED) is 0.412. The first-order chi connectivity index (χ1) is 13.8. The van der Waals surface area contributed by atoms with Gasteiger partial charge in [-0.15, -0.1) is 0 Å². The van der Waals surface area contributed by atoms with E-state index in [4.69, 9.17) is 5.73 Å². The topological polar surface area (TPSA) is 143 Å². The number of aromatic nitrogens is 1. The summed E-state index contributed by atoms with van der Waals surface area (Å²) >= 11 is 1.11. The number of primary amides is 1. The van der Waals surface area contributed by atoms with Crippen LogP contribution in [-0.4, -0.2) is 47.6 Å². The predicted molar refractivity (Wildman–Crippen MR) is 110 cm³/mol. The molecule has 0 fully saturated rings. The van der Waals surface area contributed by atoms with Gasteiger partial charge >= 0.3 is 0 Å². The Balaban J connectivity index is 1.84. The first kappa shape index (κ1) is 22.0. The molecule has 0 bridgehead atoms. The average Bonchev–Trinajstić information content (AvgIpc) is 3.15. The van der Waals surface area contributed by atoms with Gasteiger partial charge in [0.1, 0.15) is 17.1 Å². The van der Waals surface area contributed by atoms with Gasteiger partial charge in [0.25, 0.3) is 0 Å². The second kappa shape index (κ2) is 10.3. The molecular formula is C19H23N5O4S. The number of nitrogens with zero attached hydrogens (tertiary/aromatic N) is 1. The van der Waals surface area contributed by atoms with Crippen molar-refractivity contribution in [2.45, 2.75) is 32.4 Å². The number of hydrogen-bond donors (Lipinski definition) is 4. The summed E-state index contributed by atoms with van der Waals surface area (Å²) in [6.45, 7) is 3.36. The lowest BCUT2D eigenvalue weighted by atomic mass is 10.0. The van der Waals surface area contributed by atoms with E-state index in [-0.39, 0.29) is 13.0 Å². The monoisotopic (exact) mass is 417 g/mol. The van der Waals surface area contributed by atoms with Gasteiger partial charge in [0.2, 0.25) is 17.7 Å². The highest BCUT2D eigenvalue weighted by Crippen LogP contribution is 2.16. The molecule has 3 amide bonds. The van der Waals surface area contributed by atoms with E-state index in [0.717, 1.165) is 22.5 Å². The van der Waals surface area contributed by atoms with Gasteiger partial charge in [-0.3, -0.25) is 19.2 Å². The van der Waals surface area contributed by atoms with Crippen LogP contribution in [0.4, 0.5) is 5.00 Å². The highest BCUT2D eigenvalue weighted by Gasteiger charge is 2.23. The SMILES string of the molecule is Cc1ccc(C[C@H](NC(=O)[C@H](C)NC(=O)CNc2cnc(C=O)s2)C(N)=O)cc1. The third-order valence-corrected chi connectivity index (χ3v) is 4.92. The van der Waals surface area contributed by atoms with Gasteiger partial charge in [0.05, 0.1) is 12.7 Å².